The average molecular weight is 494 g/mol. The SMILES string of the molecule is CCN(CC)S(=O)(=O)c1ccc([C@H](C)NCC(=O)NN2C(=O)NC3(CCC(C)CC3)C2=O)cc1. The van der Waals surface area contributed by atoms with Gasteiger partial charge in [0.2, 0.25) is 10.0 Å². The molecule has 1 aliphatic carbocycles. The van der Waals surface area contributed by atoms with Crippen LogP contribution in [0.25, 0.3) is 0 Å². The van der Waals surface area contributed by atoms with E-state index in [4.69, 9.17) is 0 Å². The Kier molecular flexibility index (Phi) is 7.99. The molecule has 1 aromatic carbocycles. The van der Waals surface area contributed by atoms with E-state index in [1.54, 1.807) is 38.1 Å². The van der Waals surface area contributed by atoms with Crippen molar-refractivity contribution in [1.29, 1.82) is 0 Å². The summed E-state index contributed by atoms with van der Waals surface area (Å²) >= 11 is 0. The van der Waals surface area contributed by atoms with Gasteiger partial charge >= 0.3 is 6.03 Å². The van der Waals surface area contributed by atoms with E-state index in [0.29, 0.717) is 31.8 Å². The first-order valence-corrected chi connectivity index (χ1v) is 13.3. The molecule has 0 bridgehead atoms. The summed E-state index contributed by atoms with van der Waals surface area (Å²) in [6.45, 7) is 8.21. The lowest BCUT2D eigenvalue weighted by Crippen LogP contribution is -2.52. The van der Waals surface area contributed by atoms with Crippen molar-refractivity contribution >= 4 is 27.9 Å². The van der Waals surface area contributed by atoms with Gasteiger partial charge in [0.15, 0.2) is 0 Å². The molecule has 4 amide bonds. The zero-order valence-electron chi connectivity index (χ0n) is 20.3. The molecule has 1 heterocycles. The number of hydrogen-bond acceptors (Lipinski definition) is 6. The van der Waals surface area contributed by atoms with Crippen LogP contribution in [0, 0.1) is 5.92 Å². The predicted octanol–water partition coefficient (Wildman–Crippen LogP) is 1.90. The number of nitrogens with zero attached hydrogens (tertiary/aromatic N) is 2. The molecular formula is C23H35N5O5S. The molecule has 0 aromatic heterocycles. The van der Waals surface area contributed by atoms with Crippen LogP contribution in [-0.4, -0.2) is 60.8 Å². The lowest BCUT2D eigenvalue weighted by Gasteiger charge is -2.33. The van der Waals surface area contributed by atoms with Gasteiger partial charge in [-0.1, -0.05) is 32.9 Å². The molecule has 1 spiro atoms. The number of urea groups is 1. The molecular weight excluding hydrogens is 458 g/mol. The summed E-state index contributed by atoms with van der Waals surface area (Å²) in [5.74, 6) is -0.413. The highest BCUT2D eigenvalue weighted by Crippen LogP contribution is 2.35. The van der Waals surface area contributed by atoms with Crippen molar-refractivity contribution in [3.8, 4) is 0 Å². The highest BCUT2D eigenvalue weighted by atomic mass is 32.2. The van der Waals surface area contributed by atoms with Crippen LogP contribution in [0.4, 0.5) is 4.79 Å². The maximum Gasteiger partial charge on any atom is 0.344 e. The van der Waals surface area contributed by atoms with Crippen LogP contribution in [0.3, 0.4) is 0 Å². The monoisotopic (exact) mass is 493 g/mol. The Labute approximate surface area is 201 Å². The minimum Gasteiger partial charge on any atom is -0.322 e. The van der Waals surface area contributed by atoms with Crippen LogP contribution < -0.4 is 16.1 Å². The van der Waals surface area contributed by atoms with Gasteiger partial charge in [-0.05, 0) is 56.2 Å². The largest absolute Gasteiger partial charge is 0.344 e. The third kappa shape index (κ3) is 5.26. The number of carbonyl (C=O) groups is 3. The Morgan fingerprint density at radius 3 is 2.32 bits per heavy atom. The minimum absolute atomic E-state index is 0.123. The Hall–Kier alpha value is -2.50. The van der Waals surface area contributed by atoms with E-state index in [2.05, 4.69) is 23.0 Å². The summed E-state index contributed by atoms with van der Waals surface area (Å²) in [6, 6.07) is 5.66. The zero-order chi connectivity index (χ0) is 25.1. The van der Waals surface area contributed by atoms with Crippen LogP contribution in [0.1, 0.15) is 65.0 Å². The first kappa shape index (κ1) is 26.1. The second-order valence-corrected chi connectivity index (χ2v) is 11.1. The number of sulfonamides is 1. The molecule has 0 unspecified atom stereocenters. The third-order valence-electron chi connectivity index (χ3n) is 6.82. The van der Waals surface area contributed by atoms with Crippen molar-refractivity contribution in [2.45, 2.75) is 69.9 Å². The topological polar surface area (TPSA) is 128 Å². The number of hydrazine groups is 1. The number of nitrogens with one attached hydrogen (secondary N) is 3. The Morgan fingerprint density at radius 2 is 1.76 bits per heavy atom. The van der Waals surface area contributed by atoms with Crippen molar-refractivity contribution in [3.63, 3.8) is 0 Å². The highest BCUT2D eigenvalue weighted by molar-refractivity contribution is 7.89. The van der Waals surface area contributed by atoms with Crippen molar-refractivity contribution in [3.05, 3.63) is 29.8 Å². The summed E-state index contributed by atoms with van der Waals surface area (Å²) < 4.78 is 26.6. The predicted molar refractivity (Wildman–Crippen MR) is 127 cm³/mol. The maximum absolute atomic E-state index is 12.9. The van der Waals surface area contributed by atoms with Gasteiger partial charge in [-0.25, -0.2) is 13.2 Å². The van der Waals surface area contributed by atoms with E-state index >= 15 is 0 Å². The molecule has 10 nitrogen and oxygen atoms in total. The Bertz CT molecular complexity index is 1010. The number of amides is 4. The van der Waals surface area contributed by atoms with E-state index in [1.807, 2.05) is 6.92 Å². The van der Waals surface area contributed by atoms with Crippen molar-refractivity contribution < 1.29 is 22.8 Å². The van der Waals surface area contributed by atoms with Gasteiger partial charge in [-0.2, -0.15) is 9.31 Å². The van der Waals surface area contributed by atoms with Crippen LogP contribution in [0.15, 0.2) is 29.2 Å². The fraction of sp³-hybridized carbons (Fsp3) is 0.609. The van der Waals surface area contributed by atoms with E-state index in [-0.39, 0.29) is 17.5 Å². The Balaban J connectivity index is 1.55. The van der Waals surface area contributed by atoms with Gasteiger partial charge in [0.25, 0.3) is 11.8 Å². The molecule has 1 aromatic rings. The lowest BCUT2D eigenvalue weighted by molar-refractivity contribution is -0.139. The van der Waals surface area contributed by atoms with Crippen molar-refractivity contribution in [2.24, 2.45) is 5.92 Å². The van der Waals surface area contributed by atoms with Crippen molar-refractivity contribution in [2.75, 3.05) is 19.6 Å². The van der Waals surface area contributed by atoms with Crippen LogP contribution >= 0.6 is 0 Å². The van der Waals surface area contributed by atoms with Gasteiger partial charge in [0.05, 0.1) is 11.4 Å². The number of imide groups is 1. The normalized spacial score (nSPS) is 23.9. The smallest absolute Gasteiger partial charge is 0.322 e. The van der Waals surface area contributed by atoms with Gasteiger partial charge in [-0.3, -0.25) is 15.0 Å². The van der Waals surface area contributed by atoms with E-state index in [0.717, 1.165) is 23.4 Å². The van der Waals surface area contributed by atoms with Crippen LogP contribution in [0.2, 0.25) is 0 Å². The quantitative estimate of drug-likeness (QED) is 0.451. The third-order valence-corrected chi connectivity index (χ3v) is 8.88. The Morgan fingerprint density at radius 1 is 1.18 bits per heavy atom. The second kappa shape index (κ2) is 10.4. The number of benzene rings is 1. The number of rotatable bonds is 9. The van der Waals surface area contributed by atoms with Gasteiger partial charge in [0.1, 0.15) is 5.54 Å². The summed E-state index contributed by atoms with van der Waals surface area (Å²) in [4.78, 5) is 37.9. The minimum atomic E-state index is -3.53. The van der Waals surface area contributed by atoms with Crippen LogP contribution in [-0.2, 0) is 19.6 Å². The van der Waals surface area contributed by atoms with E-state index in [9.17, 15) is 22.8 Å². The molecule has 0 radical (unpaired) electrons. The summed E-state index contributed by atoms with van der Waals surface area (Å²) in [7, 11) is -3.53. The maximum atomic E-state index is 12.9. The van der Waals surface area contributed by atoms with Gasteiger partial charge in [0, 0.05) is 19.1 Å². The van der Waals surface area contributed by atoms with Crippen molar-refractivity contribution in [1.82, 2.24) is 25.4 Å². The molecule has 34 heavy (non-hydrogen) atoms. The number of carbonyl (C=O) groups excluding carboxylic acids is 3. The van der Waals surface area contributed by atoms with Crippen LogP contribution in [0.5, 0.6) is 0 Å². The van der Waals surface area contributed by atoms with Gasteiger partial charge in [-0.15, -0.1) is 0 Å². The molecule has 2 fully saturated rings. The molecule has 1 atom stereocenters. The average Bonchev–Trinajstić information content (AvgIpc) is 3.04. The standard InChI is InChI=1S/C23H35N5O5S/c1-5-27(6-2)34(32,33)19-9-7-18(8-10-19)17(4)24-15-20(29)26-28-21(30)23(25-22(28)31)13-11-16(3)12-14-23/h7-10,16-17,24H,5-6,11-15H2,1-4H3,(H,25,31)(H,26,29)/t16?,17-,23?/m0/s1. The molecule has 1 aliphatic heterocycles. The summed E-state index contributed by atoms with van der Waals surface area (Å²) in [5.41, 5.74) is 2.30. The molecule has 1 saturated heterocycles. The molecule has 3 N–H and O–H groups in total. The van der Waals surface area contributed by atoms with Gasteiger partial charge < -0.3 is 10.6 Å². The zero-order valence-corrected chi connectivity index (χ0v) is 21.1. The van der Waals surface area contributed by atoms with E-state index in [1.165, 1.54) is 4.31 Å². The first-order valence-electron chi connectivity index (χ1n) is 11.8. The molecule has 188 valence electrons. The highest BCUT2D eigenvalue weighted by Gasteiger charge is 2.52. The second-order valence-electron chi connectivity index (χ2n) is 9.13. The lowest BCUT2D eigenvalue weighted by atomic mass is 9.77. The first-order chi connectivity index (χ1) is 16.0. The fourth-order valence-electron chi connectivity index (χ4n) is 4.48. The van der Waals surface area contributed by atoms with E-state index < -0.39 is 33.4 Å². The summed E-state index contributed by atoms with van der Waals surface area (Å²) in [5, 5.41) is 6.60. The molecule has 3 rings (SSSR count). The fourth-order valence-corrected chi connectivity index (χ4v) is 5.94. The summed E-state index contributed by atoms with van der Waals surface area (Å²) in [6.07, 6.45) is 2.84. The molecule has 2 aliphatic rings. The number of hydrogen-bond donors (Lipinski definition) is 3. The molecule has 11 heteroatoms. The molecule has 1 saturated carbocycles.